The van der Waals surface area contributed by atoms with Crippen molar-refractivity contribution in [1.82, 2.24) is 4.90 Å². The van der Waals surface area contributed by atoms with Crippen LogP contribution in [0.1, 0.15) is 24.8 Å². The van der Waals surface area contributed by atoms with E-state index in [0.717, 1.165) is 6.42 Å². The maximum absolute atomic E-state index is 12.7. The van der Waals surface area contributed by atoms with Crippen molar-refractivity contribution >= 4 is 17.4 Å². The van der Waals surface area contributed by atoms with Crippen LogP contribution in [0.2, 0.25) is 0 Å². The number of amides is 1. The summed E-state index contributed by atoms with van der Waals surface area (Å²) in [5.74, 6) is -2.37. The molecule has 0 fully saturated rings. The number of carbonyl (C=O) groups excluding carboxylic acids is 2. The number of nitrogens with zero attached hydrogens (tertiary/aromatic N) is 1. The lowest BCUT2D eigenvalue weighted by atomic mass is 9.82. The Morgan fingerprint density at radius 3 is 2.35 bits per heavy atom. The first-order valence-electron chi connectivity index (χ1n) is 8.06. The molecule has 120 valence electrons. The summed E-state index contributed by atoms with van der Waals surface area (Å²) in [6, 6.07) is 10.1. The predicted octanol–water partition coefficient (Wildman–Crippen LogP) is 1.63. The first-order valence-corrected chi connectivity index (χ1v) is 8.06. The van der Waals surface area contributed by atoms with Crippen LogP contribution in [0.25, 0.3) is 5.57 Å². The monoisotopic (exact) mass is 310 g/mol. The lowest BCUT2D eigenvalue weighted by Gasteiger charge is -2.34. The lowest BCUT2D eigenvalue weighted by molar-refractivity contribution is -0.313. The Labute approximate surface area is 136 Å². The second kappa shape index (κ2) is 6.82. The van der Waals surface area contributed by atoms with Crippen molar-refractivity contribution in [3.05, 3.63) is 54.1 Å². The summed E-state index contributed by atoms with van der Waals surface area (Å²) in [6.45, 7) is 1.18. The lowest BCUT2D eigenvalue weighted by Crippen LogP contribution is -2.46. The summed E-state index contributed by atoms with van der Waals surface area (Å²) in [5, 5.41) is 11.3. The zero-order valence-corrected chi connectivity index (χ0v) is 13.0. The molecule has 2 aliphatic rings. The third kappa shape index (κ3) is 3.36. The number of hydrogen-bond acceptors (Lipinski definition) is 3. The minimum atomic E-state index is -1.12. The molecule has 2 unspecified atom stereocenters. The van der Waals surface area contributed by atoms with E-state index in [4.69, 9.17) is 0 Å². The molecule has 0 bridgehead atoms. The maximum atomic E-state index is 12.7. The van der Waals surface area contributed by atoms with Crippen molar-refractivity contribution in [3.8, 4) is 0 Å². The van der Waals surface area contributed by atoms with E-state index in [1.165, 1.54) is 11.1 Å². The van der Waals surface area contributed by atoms with Crippen LogP contribution in [0.3, 0.4) is 0 Å². The van der Waals surface area contributed by atoms with Gasteiger partial charge in [-0.2, -0.15) is 0 Å². The molecule has 4 heteroatoms. The van der Waals surface area contributed by atoms with Crippen molar-refractivity contribution in [2.45, 2.75) is 19.3 Å². The van der Waals surface area contributed by atoms with E-state index < -0.39 is 17.8 Å². The third-order valence-electron chi connectivity index (χ3n) is 4.72. The third-order valence-corrected chi connectivity index (χ3v) is 4.72. The number of carbonyl (C=O) groups is 2. The minimum Gasteiger partial charge on any atom is -0.550 e. The highest BCUT2D eigenvalue weighted by molar-refractivity contribution is 5.85. The van der Waals surface area contributed by atoms with Gasteiger partial charge in [-0.15, -0.1) is 0 Å². The van der Waals surface area contributed by atoms with Crippen molar-refractivity contribution in [1.29, 1.82) is 0 Å². The summed E-state index contributed by atoms with van der Waals surface area (Å²) in [5.41, 5.74) is 2.43. The molecule has 0 radical (unpaired) electrons. The quantitative estimate of drug-likeness (QED) is 0.797. The van der Waals surface area contributed by atoms with Gasteiger partial charge in [-0.1, -0.05) is 48.6 Å². The molecule has 1 aliphatic heterocycles. The molecule has 23 heavy (non-hydrogen) atoms. The van der Waals surface area contributed by atoms with Crippen molar-refractivity contribution in [2.75, 3.05) is 13.1 Å². The molecule has 2 atom stereocenters. The molecular weight excluding hydrogens is 290 g/mol. The van der Waals surface area contributed by atoms with Crippen molar-refractivity contribution in [2.24, 2.45) is 11.8 Å². The standard InChI is InChI=1S/C19H21NO3/c21-18(16-8-4-5-9-17(16)19(22)23)20-12-10-15(11-13-20)14-6-2-1-3-7-14/h1-7,10,16-17H,8-9,11-13H2,(H,22,23)/p-1. The van der Waals surface area contributed by atoms with E-state index in [9.17, 15) is 14.7 Å². The summed E-state index contributed by atoms with van der Waals surface area (Å²) >= 11 is 0. The van der Waals surface area contributed by atoms with E-state index in [-0.39, 0.29) is 5.91 Å². The first kappa shape index (κ1) is 15.5. The molecule has 1 amide bonds. The zero-order valence-electron chi connectivity index (χ0n) is 13.0. The second-order valence-corrected chi connectivity index (χ2v) is 6.10. The molecule has 1 heterocycles. The summed E-state index contributed by atoms with van der Waals surface area (Å²) in [4.78, 5) is 25.7. The second-order valence-electron chi connectivity index (χ2n) is 6.10. The molecule has 4 nitrogen and oxygen atoms in total. The van der Waals surface area contributed by atoms with Gasteiger partial charge in [-0.05, 0) is 30.4 Å². The van der Waals surface area contributed by atoms with Crippen LogP contribution in [0.5, 0.6) is 0 Å². The summed E-state index contributed by atoms with van der Waals surface area (Å²) < 4.78 is 0. The molecule has 1 aromatic rings. The zero-order chi connectivity index (χ0) is 16.2. The normalized spacial score (nSPS) is 24.2. The Bertz CT molecular complexity index is 648. The van der Waals surface area contributed by atoms with Gasteiger partial charge in [0.25, 0.3) is 0 Å². The van der Waals surface area contributed by atoms with Crippen molar-refractivity contribution in [3.63, 3.8) is 0 Å². The van der Waals surface area contributed by atoms with Gasteiger partial charge in [0.15, 0.2) is 0 Å². The Hall–Kier alpha value is -2.36. The molecule has 0 saturated carbocycles. The maximum Gasteiger partial charge on any atom is 0.226 e. The fourth-order valence-electron chi connectivity index (χ4n) is 3.37. The molecule has 0 N–H and O–H groups in total. The Morgan fingerprint density at radius 2 is 1.74 bits per heavy atom. The molecule has 0 saturated heterocycles. The number of hydrogen-bond donors (Lipinski definition) is 0. The number of carboxylic acids is 1. The van der Waals surface area contributed by atoms with Gasteiger partial charge in [-0.25, -0.2) is 0 Å². The topological polar surface area (TPSA) is 60.4 Å². The predicted molar refractivity (Wildman–Crippen MR) is 86.0 cm³/mol. The van der Waals surface area contributed by atoms with Gasteiger partial charge in [-0.3, -0.25) is 4.79 Å². The summed E-state index contributed by atoms with van der Waals surface area (Å²) in [6.07, 6.45) is 7.48. The average Bonchev–Trinajstić information content (AvgIpc) is 2.62. The Kier molecular flexibility index (Phi) is 4.60. The van der Waals surface area contributed by atoms with E-state index in [1.54, 1.807) is 4.90 Å². The van der Waals surface area contributed by atoms with Gasteiger partial charge < -0.3 is 14.8 Å². The van der Waals surface area contributed by atoms with Gasteiger partial charge >= 0.3 is 0 Å². The molecule has 3 rings (SSSR count). The molecule has 1 aromatic carbocycles. The molecule has 0 aromatic heterocycles. The van der Waals surface area contributed by atoms with Crippen LogP contribution in [0.15, 0.2) is 48.6 Å². The highest BCUT2D eigenvalue weighted by Crippen LogP contribution is 2.29. The van der Waals surface area contributed by atoms with Gasteiger partial charge in [0.05, 0.1) is 0 Å². The highest BCUT2D eigenvalue weighted by atomic mass is 16.4. The molecular formula is C19H20NO3-. The van der Waals surface area contributed by atoms with Crippen LogP contribution in [-0.2, 0) is 9.59 Å². The molecule has 0 spiro atoms. The largest absolute Gasteiger partial charge is 0.550 e. The highest BCUT2D eigenvalue weighted by Gasteiger charge is 2.33. The van der Waals surface area contributed by atoms with E-state index in [2.05, 4.69) is 18.2 Å². The van der Waals surface area contributed by atoms with Crippen LogP contribution in [0, 0.1) is 11.8 Å². The number of rotatable bonds is 3. The Morgan fingerprint density at radius 1 is 1.04 bits per heavy atom. The fourth-order valence-corrected chi connectivity index (χ4v) is 3.37. The van der Waals surface area contributed by atoms with Gasteiger partial charge in [0.2, 0.25) is 5.91 Å². The number of benzene rings is 1. The van der Waals surface area contributed by atoms with E-state index in [0.29, 0.717) is 25.9 Å². The first-order chi connectivity index (χ1) is 11.2. The molecule has 1 aliphatic carbocycles. The number of carboxylic acid groups (broad SMARTS) is 1. The Balaban J connectivity index is 1.69. The van der Waals surface area contributed by atoms with E-state index >= 15 is 0 Å². The van der Waals surface area contributed by atoms with Gasteiger partial charge in [0.1, 0.15) is 0 Å². The fraction of sp³-hybridized carbons (Fsp3) is 0.368. The number of allylic oxidation sites excluding steroid dienone is 2. The van der Waals surface area contributed by atoms with Crippen LogP contribution in [-0.4, -0.2) is 29.9 Å². The van der Waals surface area contributed by atoms with E-state index in [1.807, 2.05) is 30.4 Å². The number of aliphatic carboxylic acids is 1. The minimum absolute atomic E-state index is 0.0630. The smallest absolute Gasteiger partial charge is 0.226 e. The summed E-state index contributed by atoms with van der Waals surface area (Å²) in [7, 11) is 0. The van der Waals surface area contributed by atoms with Crippen LogP contribution < -0.4 is 5.11 Å². The van der Waals surface area contributed by atoms with Gasteiger partial charge in [0, 0.05) is 30.9 Å². The van der Waals surface area contributed by atoms with Crippen LogP contribution in [0.4, 0.5) is 0 Å². The van der Waals surface area contributed by atoms with Crippen LogP contribution >= 0.6 is 0 Å². The SMILES string of the molecule is O=C([O-])C1CC=CCC1C(=O)N1CC=C(c2ccccc2)CC1. The average molecular weight is 310 g/mol. The van der Waals surface area contributed by atoms with Crippen molar-refractivity contribution < 1.29 is 14.7 Å².